The third kappa shape index (κ3) is 3.52. The van der Waals surface area contributed by atoms with E-state index in [1.807, 2.05) is 0 Å². The van der Waals surface area contributed by atoms with Crippen molar-refractivity contribution in [1.29, 1.82) is 0 Å². The average Bonchev–Trinajstić information content (AvgIpc) is 2.39. The van der Waals surface area contributed by atoms with Gasteiger partial charge in [0.1, 0.15) is 0 Å². The summed E-state index contributed by atoms with van der Waals surface area (Å²) in [5.74, 6) is -0.395. The maximum atomic E-state index is 11.4. The summed E-state index contributed by atoms with van der Waals surface area (Å²) in [6.07, 6.45) is 2.49. The SMILES string of the molecule is C[C@@H](Cc1ncccc1C(N)=O)N1CCN(C)CC1. The summed E-state index contributed by atoms with van der Waals surface area (Å²) in [5, 5.41) is 0. The Hall–Kier alpha value is -1.46. The van der Waals surface area contributed by atoms with Crippen molar-refractivity contribution in [1.82, 2.24) is 14.8 Å². The van der Waals surface area contributed by atoms with Crippen LogP contribution in [-0.2, 0) is 6.42 Å². The lowest BCUT2D eigenvalue weighted by Gasteiger charge is -2.36. The van der Waals surface area contributed by atoms with E-state index in [1.54, 1.807) is 18.3 Å². The predicted octanol–water partition coefficient (Wildman–Crippen LogP) is 0.359. The zero-order chi connectivity index (χ0) is 13.8. The minimum absolute atomic E-state index is 0.377. The van der Waals surface area contributed by atoms with Crippen LogP contribution in [0.15, 0.2) is 18.3 Å². The molecule has 5 nitrogen and oxygen atoms in total. The van der Waals surface area contributed by atoms with Crippen molar-refractivity contribution in [2.45, 2.75) is 19.4 Å². The number of carbonyl (C=O) groups excluding carboxylic acids is 1. The zero-order valence-corrected chi connectivity index (χ0v) is 11.7. The number of nitrogens with two attached hydrogens (primary N) is 1. The fraction of sp³-hybridized carbons (Fsp3) is 0.571. The monoisotopic (exact) mass is 262 g/mol. The second kappa shape index (κ2) is 6.12. The van der Waals surface area contributed by atoms with E-state index in [0.717, 1.165) is 38.3 Å². The van der Waals surface area contributed by atoms with E-state index >= 15 is 0 Å². The molecule has 1 aromatic rings. The molecule has 0 unspecified atom stereocenters. The maximum absolute atomic E-state index is 11.4. The summed E-state index contributed by atoms with van der Waals surface area (Å²) in [6.45, 7) is 6.50. The normalized spacial score (nSPS) is 19.3. The lowest BCUT2D eigenvalue weighted by atomic mass is 10.0. The smallest absolute Gasteiger partial charge is 0.250 e. The van der Waals surface area contributed by atoms with Gasteiger partial charge in [0.05, 0.1) is 11.3 Å². The van der Waals surface area contributed by atoms with Crippen LogP contribution in [-0.4, -0.2) is 60.0 Å². The molecule has 1 aromatic heterocycles. The summed E-state index contributed by atoms with van der Waals surface area (Å²) in [4.78, 5) is 20.5. The lowest BCUT2D eigenvalue weighted by Crippen LogP contribution is -2.48. The Bertz CT molecular complexity index is 441. The van der Waals surface area contributed by atoms with E-state index in [2.05, 4.69) is 28.8 Å². The first-order valence-corrected chi connectivity index (χ1v) is 6.74. The molecular formula is C14H22N4O. The molecule has 2 heterocycles. The van der Waals surface area contributed by atoms with Crippen LogP contribution >= 0.6 is 0 Å². The van der Waals surface area contributed by atoms with Crippen LogP contribution in [0, 0.1) is 0 Å². The Labute approximate surface area is 114 Å². The molecule has 19 heavy (non-hydrogen) atoms. The fourth-order valence-corrected chi connectivity index (χ4v) is 2.50. The van der Waals surface area contributed by atoms with Gasteiger partial charge in [0.2, 0.25) is 0 Å². The summed E-state index contributed by atoms with van der Waals surface area (Å²) in [7, 11) is 2.14. The van der Waals surface area contributed by atoms with Crippen LogP contribution in [0.25, 0.3) is 0 Å². The van der Waals surface area contributed by atoms with Gasteiger partial charge in [-0.1, -0.05) is 0 Å². The van der Waals surface area contributed by atoms with E-state index in [0.29, 0.717) is 11.6 Å². The molecule has 0 aromatic carbocycles. The number of hydrogen-bond acceptors (Lipinski definition) is 4. The molecule has 1 atom stereocenters. The predicted molar refractivity (Wildman–Crippen MR) is 75.0 cm³/mol. The number of nitrogens with zero attached hydrogens (tertiary/aromatic N) is 3. The largest absolute Gasteiger partial charge is 0.366 e. The van der Waals surface area contributed by atoms with Crippen LogP contribution < -0.4 is 5.73 Å². The van der Waals surface area contributed by atoms with Crippen LogP contribution in [0.3, 0.4) is 0 Å². The van der Waals surface area contributed by atoms with Crippen molar-refractivity contribution in [2.75, 3.05) is 33.2 Å². The number of amides is 1. The quantitative estimate of drug-likeness (QED) is 0.851. The van der Waals surface area contributed by atoms with Crippen molar-refractivity contribution < 1.29 is 4.79 Å². The molecule has 104 valence electrons. The third-order valence-corrected chi connectivity index (χ3v) is 3.81. The summed E-state index contributed by atoms with van der Waals surface area (Å²) in [5.41, 5.74) is 6.74. The van der Waals surface area contributed by atoms with Crippen molar-refractivity contribution in [2.24, 2.45) is 5.73 Å². The first-order valence-electron chi connectivity index (χ1n) is 6.74. The van der Waals surface area contributed by atoms with Gasteiger partial charge in [-0.2, -0.15) is 0 Å². The van der Waals surface area contributed by atoms with Crippen molar-refractivity contribution >= 4 is 5.91 Å². The second-order valence-corrected chi connectivity index (χ2v) is 5.25. The Balaban J connectivity index is 2.02. The second-order valence-electron chi connectivity index (χ2n) is 5.25. The molecule has 2 rings (SSSR count). The number of carbonyl (C=O) groups is 1. The topological polar surface area (TPSA) is 62.5 Å². The van der Waals surface area contributed by atoms with Gasteiger partial charge in [-0.15, -0.1) is 0 Å². The van der Waals surface area contributed by atoms with E-state index in [4.69, 9.17) is 5.73 Å². The minimum atomic E-state index is -0.395. The number of piperazine rings is 1. The first kappa shape index (κ1) is 14.0. The Kier molecular flexibility index (Phi) is 4.50. The molecule has 1 aliphatic rings. The molecule has 0 aliphatic carbocycles. The van der Waals surface area contributed by atoms with Gasteiger partial charge in [-0.05, 0) is 26.1 Å². The van der Waals surface area contributed by atoms with Gasteiger partial charge in [0.15, 0.2) is 0 Å². The Morgan fingerprint density at radius 2 is 2.11 bits per heavy atom. The van der Waals surface area contributed by atoms with Gasteiger partial charge < -0.3 is 10.6 Å². The lowest BCUT2D eigenvalue weighted by molar-refractivity contribution is 0.0996. The van der Waals surface area contributed by atoms with Crippen molar-refractivity contribution in [3.63, 3.8) is 0 Å². The number of likely N-dealkylation sites (N-methyl/N-ethyl adjacent to an activating group) is 1. The summed E-state index contributed by atoms with van der Waals surface area (Å²) >= 11 is 0. The minimum Gasteiger partial charge on any atom is -0.366 e. The molecule has 5 heteroatoms. The van der Waals surface area contributed by atoms with Crippen LogP contribution in [0.5, 0.6) is 0 Å². The van der Waals surface area contributed by atoms with Gasteiger partial charge in [-0.25, -0.2) is 0 Å². The summed E-state index contributed by atoms with van der Waals surface area (Å²) < 4.78 is 0. The first-order chi connectivity index (χ1) is 9.08. The van der Waals surface area contributed by atoms with Crippen LogP contribution in [0.4, 0.5) is 0 Å². The molecule has 0 bridgehead atoms. The van der Waals surface area contributed by atoms with Gasteiger partial charge >= 0.3 is 0 Å². The average molecular weight is 262 g/mol. The van der Waals surface area contributed by atoms with Crippen LogP contribution in [0.1, 0.15) is 23.0 Å². The molecule has 0 saturated carbocycles. The molecule has 0 radical (unpaired) electrons. The maximum Gasteiger partial charge on any atom is 0.250 e. The van der Waals surface area contributed by atoms with Gasteiger partial charge in [0.25, 0.3) is 5.91 Å². The number of rotatable bonds is 4. The number of hydrogen-bond donors (Lipinski definition) is 1. The highest BCUT2D eigenvalue weighted by Gasteiger charge is 2.21. The highest BCUT2D eigenvalue weighted by atomic mass is 16.1. The molecular weight excluding hydrogens is 240 g/mol. The van der Waals surface area contributed by atoms with E-state index in [-0.39, 0.29) is 0 Å². The van der Waals surface area contributed by atoms with E-state index < -0.39 is 5.91 Å². The fourth-order valence-electron chi connectivity index (χ4n) is 2.50. The Morgan fingerprint density at radius 1 is 1.42 bits per heavy atom. The van der Waals surface area contributed by atoms with Crippen LogP contribution in [0.2, 0.25) is 0 Å². The third-order valence-electron chi connectivity index (χ3n) is 3.81. The Morgan fingerprint density at radius 3 is 2.74 bits per heavy atom. The summed E-state index contributed by atoms with van der Waals surface area (Å²) in [6, 6.07) is 3.88. The molecule has 0 spiro atoms. The molecule has 1 amide bonds. The molecule has 1 fully saturated rings. The van der Waals surface area contributed by atoms with Gasteiger partial charge in [-0.3, -0.25) is 14.7 Å². The highest BCUT2D eigenvalue weighted by Crippen LogP contribution is 2.13. The van der Waals surface area contributed by atoms with Crippen molar-refractivity contribution in [3.8, 4) is 0 Å². The van der Waals surface area contributed by atoms with Gasteiger partial charge in [0, 0.05) is 44.8 Å². The number of pyridine rings is 1. The zero-order valence-electron chi connectivity index (χ0n) is 11.7. The molecule has 2 N–H and O–H groups in total. The van der Waals surface area contributed by atoms with E-state index in [9.17, 15) is 4.79 Å². The number of aromatic nitrogens is 1. The molecule has 1 aliphatic heterocycles. The highest BCUT2D eigenvalue weighted by molar-refractivity contribution is 5.93. The standard InChI is InChI=1S/C14H22N4O/c1-11(18-8-6-17(2)7-9-18)10-13-12(14(15)19)4-3-5-16-13/h3-5,11H,6-10H2,1-2H3,(H2,15,19)/t11-/m0/s1. The number of primary amides is 1. The van der Waals surface area contributed by atoms with Crippen molar-refractivity contribution in [3.05, 3.63) is 29.6 Å². The molecule has 1 saturated heterocycles. The van der Waals surface area contributed by atoms with E-state index in [1.165, 1.54) is 0 Å².